The van der Waals surface area contributed by atoms with Crippen molar-refractivity contribution in [1.82, 2.24) is 10.3 Å². The van der Waals surface area contributed by atoms with Crippen LogP contribution in [0.25, 0.3) is 0 Å². The normalized spacial score (nSPS) is 11.4. The molecule has 2 aromatic rings. The van der Waals surface area contributed by atoms with Crippen LogP contribution in [0.5, 0.6) is 0 Å². The SMILES string of the molecule is CNCc1ccccc1S(=O)(=O)Nc1ccc(C)nc1C. The van der Waals surface area contributed by atoms with Crippen molar-refractivity contribution in [3.8, 4) is 0 Å². The van der Waals surface area contributed by atoms with Crippen LogP contribution in [0.4, 0.5) is 5.69 Å². The Bertz CT molecular complexity index is 742. The maximum atomic E-state index is 12.6. The molecule has 0 spiro atoms. The second-order valence-corrected chi connectivity index (χ2v) is 6.48. The quantitative estimate of drug-likeness (QED) is 0.888. The van der Waals surface area contributed by atoms with E-state index in [9.17, 15) is 8.42 Å². The minimum atomic E-state index is -3.63. The number of hydrogen-bond acceptors (Lipinski definition) is 4. The van der Waals surface area contributed by atoms with Crippen LogP contribution in [0.2, 0.25) is 0 Å². The Kier molecular flexibility index (Phi) is 4.59. The first-order valence-corrected chi connectivity index (χ1v) is 8.12. The molecule has 21 heavy (non-hydrogen) atoms. The van der Waals surface area contributed by atoms with E-state index in [0.29, 0.717) is 17.9 Å². The zero-order valence-electron chi connectivity index (χ0n) is 12.3. The summed E-state index contributed by atoms with van der Waals surface area (Å²) in [6.45, 7) is 4.14. The van der Waals surface area contributed by atoms with Gasteiger partial charge in [-0.05, 0) is 44.7 Å². The summed E-state index contributed by atoms with van der Waals surface area (Å²) in [6.07, 6.45) is 0. The molecule has 1 heterocycles. The van der Waals surface area contributed by atoms with Crippen molar-refractivity contribution in [2.45, 2.75) is 25.3 Å². The first-order chi connectivity index (χ1) is 9.94. The molecule has 112 valence electrons. The lowest BCUT2D eigenvalue weighted by atomic mass is 10.2. The van der Waals surface area contributed by atoms with Gasteiger partial charge < -0.3 is 5.32 Å². The molecular formula is C15H19N3O2S. The zero-order chi connectivity index (χ0) is 15.5. The van der Waals surface area contributed by atoms with Crippen LogP contribution in [-0.4, -0.2) is 20.4 Å². The molecule has 0 unspecified atom stereocenters. The third-order valence-electron chi connectivity index (χ3n) is 3.10. The van der Waals surface area contributed by atoms with E-state index in [1.54, 1.807) is 44.3 Å². The second-order valence-electron chi connectivity index (χ2n) is 4.83. The number of sulfonamides is 1. The summed E-state index contributed by atoms with van der Waals surface area (Å²) in [4.78, 5) is 4.55. The fraction of sp³-hybridized carbons (Fsp3) is 0.267. The number of aromatic nitrogens is 1. The van der Waals surface area contributed by atoms with Crippen molar-refractivity contribution in [3.63, 3.8) is 0 Å². The number of aryl methyl sites for hydroxylation is 2. The van der Waals surface area contributed by atoms with E-state index in [4.69, 9.17) is 0 Å². The molecule has 5 nitrogen and oxygen atoms in total. The van der Waals surface area contributed by atoms with Gasteiger partial charge in [0.05, 0.1) is 16.3 Å². The van der Waals surface area contributed by atoms with Crippen LogP contribution in [0.3, 0.4) is 0 Å². The molecule has 0 aliphatic carbocycles. The molecule has 6 heteroatoms. The molecule has 0 saturated heterocycles. The maximum Gasteiger partial charge on any atom is 0.262 e. The number of nitrogens with one attached hydrogen (secondary N) is 2. The first kappa shape index (κ1) is 15.5. The van der Waals surface area contributed by atoms with Crippen molar-refractivity contribution in [1.29, 1.82) is 0 Å². The van der Waals surface area contributed by atoms with Crippen molar-refractivity contribution in [2.24, 2.45) is 0 Å². The van der Waals surface area contributed by atoms with Gasteiger partial charge >= 0.3 is 0 Å². The van der Waals surface area contributed by atoms with Gasteiger partial charge in [-0.3, -0.25) is 9.71 Å². The Morgan fingerprint density at radius 2 is 1.81 bits per heavy atom. The van der Waals surface area contributed by atoms with Crippen molar-refractivity contribution in [2.75, 3.05) is 11.8 Å². The van der Waals surface area contributed by atoms with E-state index in [0.717, 1.165) is 11.3 Å². The Morgan fingerprint density at radius 3 is 2.48 bits per heavy atom. The third kappa shape index (κ3) is 3.59. The molecule has 1 aromatic heterocycles. The van der Waals surface area contributed by atoms with Crippen molar-refractivity contribution >= 4 is 15.7 Å². The number of hydrogen-bond donors (Lipinski definition) is 2. The highest BCUT2D eigenvalue weighted by Gasteiger charge is 2.18. The molecule has 0 fully saturated rings. The Balaban J connectivity index is 2.39. The number of rotatable bonds is 5. The van der Waals surface area contributed by atoms with Crippen LogP contribution in [0.15, 0.2) is 41.3 Å². The molecule has 0 aliphatic rings. The molecule has 1 aromatic carbocycles. The highest BCUT2D eigenvalue weighted by atomic mass is 32.2. The number of nitrogens with zero attached hydrogens (tertiary/aromatic N) is 1. The largest absolute Gasteiger partial charge is 0.316 e. The predicted molar refractivity (Wildman–Crippen MR) is 83.7 cm³/mol. The maximum absolute atomic E-state index is 12.6. The number of pyridine rings is 1. The summed E-state index contributed by atoms with van der Waals surface area (Å²) in [5.74, 6) is 0. The standard InChI is InChI=1S/C15H19N3O2S/c1-11-8-9-14(12(2)17-11)18-21(19,20)15-7-5-4-6-13(15)10-16-3/h4-9,16,18H,10H2,1-3H3. The van der Waals surface area contributed by atoms with E-state index in [2.05, 4.69) is 15.0 Å². The summed E-state index contributed by atoms with van der Waals surface area (Å²) in [5.41, 5.74) is 2.74. The van der Waals surface area contributed by atoms with Gasteiger partial charge in [0.15, 0.2) is 0 Å². The second kappa shape index (κ2) is 6.24. The lowest BCUT2D eigenvalue weighted by Crippen LogP contribution is -2.18. The number of anilines is 1. The van der Waals surface area contributed by atoms with Gasteiger partial charge in [0.2, 0.25) is 0 Å². The third-order valence-corrected chi connectivity index (χ3v) is 4.56. The molecule has 0 bridgehead atoms. The van der Waals surface area contributed by atoms with E-state index in [-0.39, 0.29) is 4.90 Å². The Hall–Kier alpha value is -1.92. The molecule has 0 aliphatic heterocycles. The molecule has 0 saturated carbocycles. The van der Waals surface area contributed by atoms with Crippen LogP contribution in [-0.2, 0) is 16.6 Å². The van der Waals surface area contributed by atoms with Gasteiger partial charge in [0.25, 0.3) is 10.0 Å². The summed E-state index contributed by atoms with van der Waals surface area (Å²) < 4.78 is 27.7. The molecule has 0 radical (unpaired) electrons. The van der Waals surface area contributed by atoms with Gasteiger partial charge in [0, 0.05) is 12.2 Å². The van der Waals surface area contributed by atoms with E-state index in [1.165, 1.54) is 0 Å². The average molecular weight is 305 g/mol. The minimum Gasteiger partial charge on any atom is -0.316 e. The monoisotopic (exact) mass is 305 g/mol. The van der Waals surface area contributed by atoms with Gasteiger partial charge in [-0.15, -0.1) is 0 Å². The van der Waals surface area contributed by atoms with Crippen LogP contribution in [0.1, 0.15) is 17.0 Å². The highest BCUT2D eigenvalue weighted by molar-refractivity contribution is 7.92. The summed E-state index contributed by atoms with van der Waals surface area (Å²) >= 11 is 0. The van der Waals surface area contributed by atoms with Crippen LogP contribution >= 0.6 is 0 Å². The smallest absolute Gasteiger partial charge is 0.262 e. The first-order valence-electron chi connectivity index (χ1n) is 6.63. The molecule has 2 N–H and O–H groups in total. The van der Waals surface area contributed by atoms with E-state index in [1.807, 2.05) is 13.0 Å². The fourth-order valence-electron chi connectivity index (χ4n) is 2.10. The number of benzene rings is 1. The van der Waals surface area contributed by atoms with Crippen molar-refractivity contribution in [3.05, 3.63) is 53.3 Å². The molecule has 2 rings (SSSR count). The lowest BCUT2D eigenvalue weighted by molar-refractivity contribution is 0.599. The predicted octanol–water partition coefficient (Wildman–Crippen LogP) is 2.22. The minimum absolute atomic E-state index is 0.277. The summed E-state index contributed by atoms with van der Waals surface area (Å²) in [7, 11) is -1.85. The van der Waals surface area contributed by atoms with E-state index < -0.39 is 10.0 Å². The molecule has 0 atom stereocenters. The van der Waals surface area contributed by atoms with Crippen molar-refractivity contribution < 1.29 is 8.42 Å². The Morgan fingerprint density at radius 1 is 1.10 bits per heavy atom. The molecule has 0 amide bonds. The fourth-order valence-corrected chi connectivity index (χ4v) is 3.45. The lowest BCUT2D eigenvalue weighted by Gasteiger charge is -2.13. The zero-order valence-corrected chi connectivity index (χ0v) is 13.2. The average Bonchev–Trinajstić information content (AvgIpc) is 2.43. The van der Waals surface area contributed by atoms with Gasteiger partial charge in [-0.1, -0.05) is 18.2 Å². The highest BCUT2D eigenvalue weighted by Crippen LogP contribution is 2.21. The van der Waals surface area contributed by atoms with Crippen LogP contribution < -0.4 is 10.0 Å². The van der Waals surface area contributed by atoms with Crippen LogP contribution in [0, 0.1) is 13.8 Å². The van der Waals surface area contributed by atoms with Gasteiger partial charge in [-0.2, -0.15) is 0 Å². The molecular weight excluding hydrogens is 286 g/mol. The summed E-state index contributed by atoms with van der Waals surface area (Å²) in [5, 5.41) is 2.97. The summed E-state index contributed by atoms with van der Waals surface area (Å²) in [6, 6.07) is 10.5. The van der Waals surface area contributed by atoms with Gasteiger partial charge in [0.1, 0.15) is 0 Å². The topological polar surface area (TPSA) is 71.1 Å². The Labute approximate surface area is 125 Å². The van der Waals surface area contributed by atoms with E-state index >= 15 is 0 Å². The van der Waals surface area contributed by atoms with Gasteiger partial charge in [-0.25, -0.2) is 8.42 Å².